The molecule has 2 aromatic carbocycles. The number of hydrogen-bond donors (Lipinski definition) is 1. The first kappa shape index (κ1) is 16.8. The van der Waals surface area contributed by atoms with Gasteiger partial charge in [0.25, 0.3) is 0 Å². The summed E-state index contributed by atoms with van der Waals surface area (Å²) in [6.07, 6.45) is 1.42. The lowest BCUT2D eigenvalue weighted by atomic mass is 10.2. The summed E-state index contributed by atoms with van der Waals surface area (Å²) in [5.74, 6) is -1.29. The van der Waals surface area contributed by atoms with Crippen LogP contribution in [0, 0.1) is 15.9 Å². The third-order valence-corrected chi connectivity index (χ3v) is 4.28. The fourth-order valence-corrected chi connectivity index (χ4v) is 2.95. The van der Waals surface area contributed by atoms with Gasteiger partial charge in [0, 0.05) is 17.1 Å². The number of rotatable bonds is 5. The lowest BCUT2D eigenvalue weighted by molar-refractivity contribution is -0.387. The molecule has 0 unspecified atom stereocenters. The summed E-state index contributed by atoms with van der Waals surface area (Å²) in [6, 6.07) is 10.6. The SMILES string of the molecule is O=C(CSc1ncnc2ccccc12)Nc1ccc(F)c([N+](=O)[O-])c1. The van der Waals surface area contributed by atoms with E-state index >= 15 is 0 Å². The van der Waals surface area contributed by atoms with Gasteiger partial charge in [0.1, 0.15) is 11.4 Å². The van der Waals surface area contributed by atoms with Crippen molar-refractivity contribution in [3.8, 4) is 0 Å². The van der Waals surface area contributed by atoms with Crippen molar-refractivity contribution in [2.75, 3.05) is 11.1 Å². The largest absolute Gasteiger partial charge is 0.325 e. The number of carbonyl (C=O) groups is 1. The molecule has 0 aliphatic rings. The molecule has 0 radical (unpaired) electrons. The Hall–Kier alpha value is -3.07. The first-order valence-corrected chi connectivity index (χ1v) is 8.09. The average molecular weight is 358 g/mol. The number of nitrogens with one attached hydrogen (secondary N) is 1. The molecule has 0 saturated heterocycles. The van der Waals surface area contributed by atoms with Crippen LogP contribution < -0.4 is 5.32 Å². The minimum Gasteiger partial charge on any atom is -0.325 e. The van der Waals surface area contributed by atoms with Crippen LogP contribution in [0.3, 0.4) is 0 Å². The number of thioether (sulfide) groups is 1. The molecule has 1 N–H and O–H groups in total. The summed E-state index contributed by atoms with van der Waals surface area (Å²) in [4.78, 5) is 30.3. The molecule has 0 aliphatic heterocycles. The van der Waals surface area contributed by atoms with Crippen LogP contribution in [0.15, 0.2) is 53.8 Å². The molecule has 1 amide bonds. The van der Waals surface area contributed by atoms with E-state index in [1.165, 1.54) is 24.2 Å². The van der Waals surface area contributed by atoms with Crippen molar-refractivity contribution in [3.05, 3.63) is 64.7 Å². The number of para-hydroxylation sites is 1. The van der Waals surface area contributed by atoms with E-state index in [0.29, 0.717) is 5.03 Å². The maximum Gasteiger partial charge on any atom is 0.306 e. The maximum absolute atomic E-state index is 13.3. The van der Waals surface area contributed by atoms with E-state index in [1.807, 2.05) is 24.3 Å². The Balaban J connectivity index is 1.69. The number of halogens is 1. The van der Waals surface area contributed by atoms with Gasteiger partial charge in [-0.1, -0.05) is 30.0 Å². The van der Waals surface area contributed by atoms with E-state index in [1.54, 1.807) is 0 Å². The van der Waals surface area contributed by atoms with Crippen molar-refractivity contribution in [3.63, 3.8) is 0 Å². The van der Waals surface area contributed by atoms with Crippen molar-refractivity contribution in [1.29, 1.82) is 0 Å². The Kier molecular flexibility index (Phi) is 4.85. The predicted molar refractivity (Wildman–Crippen MR) is 91.9 cm³/mol. The van der Waals surface area contributed by atoms with Crippen molar-refractivity contribution in [2.45, 2.75) is 5.03 Å². The highest BCUT2D eigenvalue weighted by Crippen LogP contribution is 2.25. The molecular weight excluding hydrogens is 347 g/mol. The molecule has 25 heavy (non-hydrogen) atoms. The molecule has 0 spiro atoms. The van der Waals surface area contributed by atoms with Gasteiger partial charge in [-0.3, -0.25) is 14.9 Å². The standard InChI is InChI=1S/C16H11FN4O3S/c17-12-6-5-10(7-14(12)21(23)24)20-15(22)8-25-16-11-3-1-2-4-13(11)18-9-19-16/h1-7,9H,8H2,(H,20,22). The number of aromatic nitrogens is 2. The molecule has 3 aromatic rings. The molecule has 0 saturated carbocycles. The van der Waals surface area contributed by atoms with Crippen LogP contribution in [-0.4, -0.2) is 26.6 Å². The van der Waals surface area contributed by atoms with Crippen molar-refractivity contribution in [2.24, 2.45) is 0 Å². The molecule has 0 aliphatic carbocycles. The first-order valence-electron chi connectivity index (χ1n) is 7.11. The Morgan fingerprint density at radius 1 is 1.24 bits per heavy atom. The van der Waals surface area contributed by atoms with Crippen LogP contribution in [-0.2, 0) is 4.79 Å². The number of nitro benzene ring substituents is 1. The Bertz CT molecular complexity index is 962. The lowest BCUT2D eigenvalue weighted by Gasteiger charge is -2.06. The Labute approximate surface area is 145 Å². The summed E-state index contributed by atoms with van der Waals surface area (Å²) in [5, 5.41) is 14.7. The monoisotopic (exact) mass is 358 g/mol. The van der Waals surface area contributed by atoms with E-state index in [9.17, 15) is 19.3 Å². The minimum atomic E-state index is -0.954. The summed E-state index contributed by atoms with van der Waals surface area (Å²) >= 11 is 1.22. The van der Waals surface area contributed by atoms with Gasteiger partial charge in [-0.2, -0.15) is 4.39 Å². The number of hydrogen-bond acceptors (Lipinski definition) is 6. The maximum atomic E-state index is 13.3. The van der Waals surface area contributed by atoms with E-state index in [2.05, 4.69) is 15.3 Å². The smallest absolute Gasteiger partial charge is 0.306 e. The van der Waals surface area contributed by atoms with E-state index in [4.69, 9.17) is 0 Å². The molecule has 1 heterocycles. The summed E-state index contributed by atoms with van der Waals surface area (Å²) in [6.45, 7) is 0. The number of nitrogens with zero attached hydrogens (tertiary/aromatic N) is 3. The van der Waals surface area contributed by atoms with Crippen molar-refractivity contribution >= 4 is 39.9 Å². The van der Waals surface area contributed by atoms with Gasteiger partial charge < -0.3 is 5.32 Å². The van der Waals surface area contributed by atoms with Gasteiger partial charge in [-0.15, -0.1) is 0 Å². The molecule has 7 nitrogen and oxygen atoms in total. The topological polar surface area (TPSA) is 98.0 Å². The van der Waals surface area contributed by atoms with Gasteiger partial charge >= 0.3 is 5.69 Å². The molecule has 0 bridgehead atoms. The zero-order chi connectivity index (χ0) is 17.8. The fourth-order valence-electron chi connectivity index (χ4n) is 2.16. The normalized spacial score (nSPS) is 10.6. The number of amides is 1. The second kappa shape index (κ2) is 7.22. The fraction of sp³-hybridized carbons (Fsp3) is 0.0625. The Morgan fingerprint density at radius 2 is 2.04 bits per heavy atom. The van der Waals surface area contributed by atoms with Crippen LogP contribution in [0.1, 0.15) is 0 Å². The zero-order valence-electron chi connectivity index (χ0n) is 12.7. The van der Waals surface area contributed by atoms with Gasteiger partial charge in [0.2, 0.25) is 11.7 Å². The van der Waals surface area contributed by atoms with Crippen molar-refractivity contribution < 1.29 is 14.1 Å². The van der Waals surface area contributed by atoms with E-state index < -0.39 is 16.4 Å². The molecule has 9 heteroatoms. The molecule has 0 atom stereocenters. The molecular formula is C16H11FN4O3S. The van der Waals surface area contributed by atoms with Gasteiger partial charge in [-0.05, 0) is 18.2 Å². The molecule has 126 valence electrons. The molecule has 1 aromatic heterocycles. The Morgan fingerprint density at radius 3 is 2.84 bits per heavy atom. The number of benzene rings is 2. The highest BCUT2D eigenvalue weighted by molar-refractivity contribution is 8.00. The van der Waals surface area contributed by atoms with Crippen molar-refractivity contribution in [1.82, 2.24) is 9.97 Å². The number of nitro groups is 1. The molecule has 3 rings (SSSR count). The quantitative estimate of drug-likeness (QED) is 0.325. The van der Waals surface area contributed by atoms with Crippen LogP contribution in [0.4, 0.5) is 15.8 Å². The van der Waals surface area contributed by atoms with E-state index in [-0.39, 0.29) is 17.3 Å². The van der Waals surface area contributed by atoms with Gasteiger partial charge in [-0.25, -0.2) is 9.97 Å². The third-order valence-electron chi connectivity index (χ3n) is 3.27. The molecule has 0 fully saturated rings. The van der Waals surface area contributed by atoms with Crippen LogP contribution >= 0.6 is 11.8 Å². The van der Waals surface area contributed by atoms with Crippen LogP contribution in [0.5, 0.6) is 0 Å². The summed E-state index contributed by atoms with van der Waals surface area (Å²) < 4.78 is 13.3. The zero-order valence-corrected chi connectivity index (χ0v) is 13.5. The van der Waals surface area contributed by atoms with Gasteiger partial charge in [0.05, 0.1) is 16.2 Å². The van der Waals surface area contributed by atoms with E-state index in [0.717, 1.165) is 23.0 Å². The van der Waals surface area contributed by atoms with Crippen LogP contribution in [0.2, 0.25) is 0 Å². The predicted octanol–water partition coefficient (Wildman–Crippen LogP) is 3.41. The highest BCUT2D eigenvalue weighted by atomic mass is 32.2. The highest BCUT2D eigenvalue weighted by Gasteiger charge is 2.15. The third kappa shape index (κ3) is 3.89. The second-order valence-corrected chi connectivity index (χ2v) is 5.92. The van der Waals surface area contributed by atoms with Gasteiger partial charge in [0.15, 0.2) is 0 Å². The summed E-state index contributed by atoms with van der Waals surface area (Å²) in [5.41, 5.74) is 0.244. The lowest BCUT2D eigenvalue weighted by Crippen LogP contribution is -2.14. The summed E-state index contributed by atoms with van der Waals surface area (Å²) in [7, 11) is 0. The second-order valence-electron chi connectivity index (χ2n) is 4.96. The van der Waals surface area contributed by atoms with Crippen LogP contribution in [0.25, 0.3) is 10.9 Å². The number of fused-ring (bicyclic) bond motifs is 1. The number of carbonyl (C=O) groups excluding carboxylic acids is 1. The number of anilines is 1. The minimum absolute atomic E-state index is 0.0478. The average Bonchev–Trinajstić information content (AvgIpc) is 2.61. The first-order chi connectivity index (χ1) is 12.0.